The first-order chi connectivity index (χ1) is 12.0. The third kappa shape index (κ3) is 5.93. The van der Waals surface area contributed by atoms with Crippen LogP contribution in [-0.2, 0) is 9.53 Å². The fraction of sp³-hybridized carbons (Fsp3) is 0.682. The van der Waals surface area contributed by atoms with E-state index in [9.17, 15) is 4.79 Å². The molecule has 2 N–H and O–H groups in total. The second kappa shape index (κ2) is 10.1. The smallest absolute Gasteiger partial charge is 0.136 e. The van der Waals surface area contributed by atoms with Crippen LogP contribution in [-0.4, -0.2) is 18.9 Å². The zero-order chi connectivity index (χ0) is 18.2. The van der Waals surface area contributed by atoms with Gasteiger partial charge in [0, 0.05) is 18.9 Å². The Bertz CT molecular complexity index is 514. The Morgan fingerprint density at radius 1 is 1.24 bits per heavy atom. The van der Waals surface area contributed by atoms with Gasteiger partial charge in [-0.2, -0.15) is 0 Å². The number of rotatable bonds is 9. The Morgan fingerprint density at radius 2 is 1.96 bits per heavy atom. The highest BCUT2D eigenvalue weighted by atomic mass is 16.5. The third-order valence-electron chi connectivity index (χ3n) is 5.70. The van der Waals surface area contributed by atoms with Crippen LogP contribution in [0.25, 0.3) is 0 Å². The van der Waals surface area contributed by atoms with Gasteiger partial charge in [0.2, 0.25) is 0 Å². The summed E-state index contributed by atoms with van der Waals surface area (Å²) in [5, 5.41) is 0. The lowest BCUT2D eigenvalue weighted by Crippen LogP contribution is -2.33. The van der Waals surface area contributed by atoms with Gasteiger partial charge >= 0.3 is 0 Å². The van der Waals surface area contributed by atoms with Gasteiger partial charge in [0.05, 0.1) is 12.7 Å². The molecule has 0 heterocycles. The number of hydrogen-bond acceptors (Lipinski definition) is 3. The zero-order valence-electron chi connectivity index (χ0n) is 16.1. The Morgan fingerprint density at radius 3 is 2.60 bits per heavy atom. The summed E-state index contributed by atoms with van der Waals surface area (Å²) >= 11 is 0. The molecule has 25 heavy (non-hydrogen) atoms. The molecule has 1 aromatic rings. The molecule has 0 aliphatic heterocycles. The topological polar surface area (TPSA) is 52.3 Å². The van der Waals surface area contributed by atoms with E-state index in [-0.39, 0.29) is 12.0 Å². The first-order valence-corrected chi connectivity index (χ1v) is 9.92. The second-order valence-electron chi connectivity index (χ2n) is 8.00. The van der Waals surface area contributed by atoms with Crippen molar-refractivity contribution in [1.29, 1.82) is 0 Å². The summed E-state index contributed by atoms with van der Waals surface area (Å²) in [6, 6.07) is 10.2. The van der Waals surface area contributed by atoms with Crippen LogP contribution in [0.5, 0.6) is 0 Å². The van der Waals surface area contributed by atoms with E-state index in [0.717, 1.165) is 18.4 Å². The van der Waals surface area contributed by atoms with Crippen LogP contribution in [0.1, 0.15) is 64.5 Å². The average molecular weight is 346 g/mol. The summed E-state index contributed by atoms with van der Waals surface area (Å²) in [5.74, 6) is 2.46. The number of benzene rings is 1. The fourth-order valence-electron chi connectivity index (χ4n) is 4.26. The minimum absolute atomic E-state index is 0.0350. The van der Waals surface area contributed by atoms with Gasteiger partial charge in [0.25, 0.3) is 0 Å². The Balaban J connectivity index is 1.99. The van der Waals surface area contributed by atoms with Crippen molar-refractivity contribution < 1.29 is 9.53 Å². The number of carbonyl (C=O) groups is 1. The molecular formula is C22H35NO2. The lowest BCUT2D eigenvalue weighted by molar-refractivity contribution is -0.127. The van der Waals surface area contributed by atoms with E-state index in [1.165, 1.54) is 12.8 Å². The molecule has 0 bridgehead atoms. The van der Waals surface area contributed by atoms with Crippen molar-refractivity contribution in [3.8, 4) is 0 Å². The highest BCUT2D eigenvalue weighted by Gasteiger charge is 2.35. The van der Waals surface area contributed by atoms with Crippen molar-refractivity contribution in [3.63, 3.8) is 0 Å². The van der Waals surface area contributed by atoms with Gasteiger partial charge < -0.3 is 10.5 Å². The predicted molar refractivity (Wildman–Crippen MR) is 103 cm³/mol. The van der Waals surface area contributed by atoms with Gasteiger partial charge in [-0.3, -0.25) is 4.79 Å². The maximum absolute atomic E-state index is 13.0. The molecule has 140 valence electrons. The van der Waals surface area contributed by atoms with Crippen molar-refractivity contribution in [1.82, 2.24) is 0 Å². The largest absolute Gasteiger partial charge is 0.372 e. The molecule has 1 aromatic carbocycles. The highest BCUT2D eigenvalue weighted by Crippen LogP contribution is 2.39. The molecule has 0 aromatic heterocycles. The van der Waals surface area contributed by atoms with E-state index < -0.39 is 0 Å². The maximum atomic E-state index is 13.0. The molecule has 0 radical (unpaired) electrons. The standard InChI is InChI=1S/C22H35NO2/c1-16(2)19-10-9-17(3)15-20(19)21(24)11-12-22(25-14-13-23)18-7-5-4-6-8-18/h4-8,16-17,19-20,22H,9-15,23H2,1-3H3/t17-,19+,20-,22?/m1/s1. The van der Waals surface area contributed by atoms with Crippen LogP contribution in [0.3, 0.4) is 0 Å². The number of ether oxygens (including phenoxy) is 1. The number of Topliss-reactive ketones (excluding diaryl/α,β-unsaturated/α-hetero) is 1. The predicted octanol–water partition coefficient (Wildman–Crippen LogP) is 4.76. The van der Waals surface area contributed by atoms with E-state index in [2.05, 4.69) is 32.9 Å². The summed E-state index contributed by atoms with van der Waals surface area (Å²) < 4.78 is 5.93. The van der Waals surface area contributed by atoms with Crippen LogP contribution >= 0.6 is 0 Å². The normalized spacial score (nSPS) is 25.1. The lowest BCUT2D eigenvalue weighted by Gasteiger charge is -2.36. The van der Waals surface area contributed by atoms with Crippen molar-refractivity contribution in [2.24, 2.45) is 29.4 Å². The minimum Gasteiger partial charge on any atom is -0.372 e. The number of carbonyl (C=O) groups excluding carboxylic acids is 1. The molecule has 3 heteroatoms. The monoisotopic (exact) mass is 345 g/mol. The summed E-state index contributed by atoms with van der Waals surface area (Å²) in [5.41, 5.74) is 6.74. The van der Waals surface area contributed by atoms with Gasteiger partial charge in [-0.25, -0.2) is 0 Å². The number of nitrogens with two attached hydrogens (primary N) is 1. The molecule has 3 nitrogen and oxygen atoms in total. The molecule has 0 spiro atoms. The van der Waals surface area contributed by atoms with E-state index in [1.54, 1.807) is 0 Å². The molecule has 4 atom stereocenters. The van der Waals surface area contributed by atoms with Crippen LogP contribution in [0.2, 0.25) is 0 Å². The van der Waals surface area contributed by atoms with Gasteiger partial charge in [-0.05, 0) is 42.6 Å². The molecule has 1 unspecified atom stereocenters. The van der Waals surface area contributed by atoms with E-state index in [0.29, 0.717) is 43.1 Å². The van der Waals surface area contributed by atoms with Gasteiger partial charge in [0.15, 0.2) is 0 Å². The van der Waals surface area contributed by atoms with E-state index in [1.807, 2.05) is 18.2 Å². The van der Waals surface area contributed by atoms with Crippen LogP contribution in [0.4, 0.5) is 0 Å². The van der Waals surface area contributed by atoms with Gasteiger partial charge in [0.1, 0.15) is 5.78 Å². The molecule has 1 aliphatic rings. The highest BCUT2D eigenvalue weighted by molar-refractivity contribution is 5.81. The SMILES string of the molecule is CC(C)[C@@H]1CC[C@@H](C)C[C@H]1C(=O)CCC(OCCN)c1ccccc1. The van der Waals surface area contributed by atoms with Crippen molar-refractivity contribution >= 4 is 5.78 Å². The summed E-state index contributed by atoms with van der Waals surface area (Å²) in [6.07, 6.45) is 4.83. The average Bonchev–Trinajstić information content (AvgIpc) is 2.62. The molecule has 1 fully saturated rings. The van der Waals surface area contributed by atoms with Crippen LogP contribution in [0.15, 0.2) is 30.3 Å². The zero-order valence-corrected chi connectivity index (χ0v) is 16.1. The van der Waals surface area contributed by atoms with Crippen LogP contribution in [0, 0.1) is 23.7 Å². The van der Waals surface area contributed by atoms with E-state index >= 15 is 0 Å². The Kier molecular flexibility index (Phi) is 8.11. The summed E-state index contributed by atoms with van der Waals surface area (Å²) in [4.78, 5) is 13.0. The van der Waals surface area contributed by atoms with Crippen molar-refractivity contribution in [2.75, 3.05) is 13.2 Å². The maximum Gasteiger partial charge on any atom is 0.136 e. The molecule has 2 rings (SSSR count). The molecule has 1 aliphatic carbocycles. The second-order valence-corrected chi connectivity index (χ2v) is 8.00. The first kappa shape index (κ1) is 20.1. The minimum atomic E-state index is -0.0350. The third-order valence-corrected chi connectivity index (χ3v) is 5.70. The molecule has 0 saturated heterocycles. The Hall–Kier alpha value is -1.19. The molecular weight excluding hydrogens is 310 g/mol. The van der Waals surface area contributed by atoms with Gasteiger partial charge in [-0.15, -0.1) is 0 Å². The first-order valence-electron chi connectivity index (χ1n) is 9.92. The molecule has 0 amide bonds. The Labute approximate surface area is 153 Å². The lowest BCUT2D eigenvalue weighted by atomic mass is 9.68. The van der Waals surface area contributed by atoms with E-state index in [4.69, 9.17) is 10.5 Å². The van der Waals surface area contributed by atoms with Crippen molar-refractivity contribution in [3.05, 3.63) is 35.9 Å². The summed E-state index contributed by atoms with van der Waals surface area (Å²) in [7, 11) is 0. The number of ketones is 1. The quantitative estimate of drug-likeness (QED) is 0.702. The van der Waals surface area contributed by atoms with Crippen molar-refractivity contribution in [2.45, 2.75) is 59.0 Å². The van der Waals surface area contributed by atoms with Gasteiger partial charge in [-0.1, -0.05) is 57.5 Å². The number of hydrogen-bond donors (Lipinski definition) is 1. The fourth-order valence-corrected chi connectivity index (χ4v) is 4.26. The molecule has 1 saturated carbocycles. The van der Waals surface area contributed by atoms with Crippen LogP contribution < -0.4 is 5.73 Å². The summed E-state index contributed by atoms with van der Waals surface area (Å²) in [6.45, 7) is 7.85.